The fourth-order valence-electron chi connectivity index (χ4n) is 3.42. The van der Waals surface area contributed by atoms with E-state index in [1.54, 1.807) is 19.1 Å². The fraction of sp³-hybridized carbons (Fsp3) is 0.440. The Hall–Kier alpha value is -2.87. The van der Waals surface area contributed by atoms with Crippen LogP contribution >= 0.6 is 0 Å². The lowest BCUT2D eigenvalue weighted by Gasteiger charge is -2.32. The van der Waals surface area contributed by atoms with Gasteiger partial charge in [-0.2, -0.15) is 0 Å². The second kappa shape index (κ2) is 11.3. The Balaban J connectivity index is 2.38. The van der Waals surface area contributed by atoms with Gasteiger partial charge in [0.05, 0.1) is 11.9 Å². The van der Waals surface area contributed by atoms with Crippen LogP contribution in [0, 0.1) is 19.8 Å². The molecule has 0 aliphatic carbocycles. The zero-order valence-electron chi connectivity index (χ0n) is 20.3. The normalized spacial score (nSPS) is 12.3. The molecule has 1 atom stereocenters. The minimum absolute atomic E-state index is 0.195. The molecule has 2 amide bonds. The van der Waals surface area contributed by atoms with Gasteiger partial charge in [0, 0.05) is 13.1 Å². The van der Waals surface area contributed by atoms with E-state index in [1.807, 2.05) is 64.1 Å². The van der Waals surface area contributed by atoms with Gasteiger partial charge in [-0.05, 0) is 49.4 Å². The number of carbonyl (C=O) groups is 2. The maximum Gasteiger partial charge on any atom is 0.244 e. The average molecular weight is 474 g/mol. The van der Waals surface area contributed by atoms with E-state index >= 15 is 0 Å². The molecule has 0 saturated heterocycles. The predicted octanol–water partition coefficient (Wildman–Crippen LogP) is 3.26. The highest BCUT2D eigenvalue weighted by Crippen LogP contribution is 2.25. The van der Waals surface area contributed by atoms with Gasteiger partial charge >= 0.3 is 0 Å². The highest BCUT2D eigenvalue weighted by atomic mass is 32.2. The van der Waals surface area contributed by atoms with Crippen molar-refractivity contribution in [1.29, 1.82) is 0 Å². The molecule has 2 aromatic rings. The van der Waals surface area contributed by atoms with E-state index in [4.69, 9.17) is 0 Å². The lowest BCUT2D eigenvalue weighted by atomic mass is 10.1. The number of nitrogens with one attached hydrogen (secondary N) is 1. The van der Waals surface area contributed by atoms with Crippen LogP contribution in [0.1, 0.15) is 37.5 Å². The van der Waals surface area contributed by atoms with Crippen molar-refractivity contribution < 1.29 is 18.0 Å². The Morgan fingerprint density at radius 1 is 0.970 bits per heavy atom. The summed E-state index contributed by atoms with van der Waals surface area (Å²) < 4.78 is 26.5. The lowest BCUT2D eigenvalue weighted by molar-refractivity contribution is -0.139. The summed E-state index contributed by atoms with van der Waals surface area (Å²) in [6.07, 6.45) is 1.09. The summed E-state index contributed by atoms with van der Waals surface area (Å²) in [5.74, 6) is -0.451. The summed E-state index contributed by atoms with van der Waals surface area (Å²) in [4.78, 5) is 27.7. The lowest BCUT2D eigenvalue weighted by Crippen LogP contribution is -2.51. The van der Waals surface area contributed by atoms with Crippen LogP contribution < -0.4 is 9.62 Å². The molecular formula is C25H35N3O4S. The Bertz CT molecular complexity index is 1070. The third-order valence-electron chi connectivity index (χ3n) is 5.57. The summed E-state index contributed by atoms with van der Waals surface area (Å²) in [5.41, 5.74) is 3.03. The molecule has 0 aliphatic heterocycles. The van der Waals surface area contributed by atoms with Crippen molar-refractivity contribution in [3.63, 3.8) is 0 Å². The van der Waals surface area contributed by atoms with Crippen LogP contribution in [-0.2, 0) is 26.2 Å². The van der Waals surface area contributed by atoms with E-state index in [0.29, 0.717) is 12.2 Å². The third kappa shape index (κ3) is 7.32. The number of amides is 2. The summed E-state index contributed by atoms with van der Waals surface area (Å²) in [6.45, 7) is 9.67. The molecule has 0 fully saturated rings. The first-order valence-corrected chi connectivity index (χ1v) is 12.9. The topological polar surface area (TPSA) is 86.8 Å². The maximum absolute atomic E-state index is 13.5. The number of hydrogen-bond acceptors (Lipinski definition) is 4. The number of aryl methyl sites for hydroxylation is 1. The quantitative estimate of drug-likeness (QED) is 0.574. The van der Waals surface area contributed by atoms with Crippen molar-refractivity contribution in [2.75, 3.05) is 23.7 Å². The van der Waals surface area contributed by atoms with Crippen LogP contribution in [0.2, 0.25) is 0 Å². The number of benzene rings is 2. The number of rotatable bonds is 10. The highest BCUT2D eigenvalue weighted by Gasteiger charge is 2.30. The smallest absolute Gasteiger partial charge is 0.244 e. The first-order chi connectivity index (χ1) is 15.4. The summed E-state index contributed by atoms with van der Waals surface area (Å²) >= 11 is 0. The van der Waals surface area contributed by atoms with E-state index in [-0.39, 0.29) is 18.4 Å². The van der Waals surface area contributed by atoms with Gasteiger partial charge in [-0.15, -0.1) is 0 Å². The molecule has 180 valence electrons. The number of anilines is 1. The maximum atomic E-state index is 13.5. The molecule has 1 N–H and O–H groups in total. The van der Waals surface area contributed by atoms with Gasteiger partial charge in [-0.25, -0.2) is 8.42 Å². The molecule has 0 radical (unpaired) electrons. The van der Waals surface area contributed by atoms with E-state index in [2.05, 4.69) is 5.32 Å². The van der Waals surface area contributed by atoms with Gasteiger partial charge in [-0.1, -0.05) is 56.3 Å². The zero-order valence-corrected chi connectivity index (χ0v) is 21.1. The third-order valence-corrected chi connectivity index (χ3v) is 6.70. The van der Waals surface area contributed by atoms with Crippen LogP contribution in [0.15, 0.2) is 48.5 Å². The molecule has 0 aliphatic rings. The number of hydrogen-bond donors (Lipinski definition) is 1. The number of nitrogens with zero attached hydrogens (tertiary/aromatic N) is 2. The molecule has 2 rings (SSSR count). The molecule has 1 unspecified atom stereocenters. The van der Waals surface area contributed by atoms with Crippen molar-refractivity contribution in [3.8, 4) is 0 Å². The number of carbonyl (C=O) groups excluding carboxylic acids is 2. The molecule has 33 heavy (non-hydrogen) atoms. The summed E-state index contributed by atoms with van der Waals surface area (Å²) in [5, 5.41) is 2.87. The Kier molecular flexibility index (Phi) is 9.05. The minimum atomic E-state index is -3.74. The van der Waals surface area contributed by atoms with Gasteiger partial charge < -0.3 is 10.2 Å². The van der Waals surface area contributed by atoms with Crippen molar-refractivity contribution in [2.24, 2.45) is 5.92 Å². The van der Waals surface area contributed by atoms with Crippen molar-refractivity contribution in [2.45, 2.75) is 47.2 Å². The molecule has 0 heterocycles. The van der Waals surface area contributed by atoms with Crippen molar-refractivity contribution >= 4 is 27.5 Å². The highest BCUT2D eigenvalue weighted by molar-refractivity contribution is 7.92. The molecular weight excluding hydrogens is 438 g/mol. The summed E-state index contributed by atoms with van der Waals surface area (Å²) in [6, 6.07) is 13.9. The fourth-order valence-corrected chi connectivity index (χ4v) is 4.32. The van der Waals surface area contributed by atoms with Gasteiger partial charge in [0.2, 0.25) is 21.8 Å². The van der Waals surface area contributed by atoms with Gasteiger partial charge in [-0.3, -0.25) is 13.9 Å². The second-order valence-corrected chi connectivity index (χ2v) is 10.7. The van der Waals surface area contributed by atoms with E-state index in [1.165, 1.54) is 4.90 Å². The molecule has 2 aromatic carbocycles. The molecule has 0 aromatic heterocycles. The van der Waals surface area contributed by atoms with Crippen LogP contribution in [0.3, 0.4) is 0 Å². The Morgan fingerprint density at radius 2 is 1.61 bits per heavy atom. The first kappa shape index (κ1) is 26.4. The monoisotopic (exact) mass is 473 g/mol. The van der Waals surface area contributed by atoms with Crippen LogP contribution in [0.5, 0.6) is 0 Å². The van der Waals surface area contributed by atoms with Crippen LogP contribution in [0.25, 0.3) is 0 Å². The molecule has 0 spiro atoms. The predicted molar refractivity (Wildman–Crippen MR) is 132 cm³/mol. The van der Waals surface area contributed by atoms with E-state index in [0.717, 1.165) is 27.3 Å². The second-order valence-electron chi connectivity index (χ2n) is 8.81. The van der Waals surface area contributed by atoms with E-state index in [9.17, 15) is 18.0 Å². The van der Waals surface area contributed by atoms with Gasteiger partial charge in [0.25, 0.3) is 0 Å². The van der Waals surface area contributed by atoms with Crippen molar-refractivity contribution in [3.05, 3.63) is 65.2 Å². The van der Waals surface area contributed by atoms with E-state index < -0.39 is 28.5 Å². The Labute approximate surface area is 197 Å². The molecule has 8 heteroatoms. The minimum Gasteiger partial charge on any atom is -0.354 e. The van der Waals surface area contributed by atoms with Crippen LogP contribution in [-0.4, -0.2) is 50.5 Å². The van der Waals surface area contributed by atoms with Gasteiger partial charge in [0.1, 0.15) is 12.6 Å². The summed E-state index contributed by atoms with van der Waals surface area (Å²) in [7, 11) is -3.74. The molecule has 7 nitrogen and oxygen atoms in total. The SMILES string of the molecule is Cc1cccc(N(CC(=O)N(Cc2ccccc2)C(C)C(=O)NCC(C)C)S(C)(=O)=O)c1C. The molecule has 0 bridgehead atoms. The van der Waals surface area contributed by atoms with Crippen molar-refractivity contribution in [1.82, 2.24) is 10.2 Å². The average Bonchev–Trinajstić information content (AvgIpc) is 2.75. The van der Waals surface area contributed by atoms with Crippen LogP contribution in [0.4, 0.5) is 5.69 Å². The van der Waals surface area contributed by atoms with Gasteiger partial charge in [0.15, 0.2) is 0 Å². The standard InChI is InChI=1S/C25H35N3O4S/c1-18(2)15-26-25(30)21(5)27(16-22-12-8-7-9-13-22)24(29)17-28(33(6,31)32)23-14-10-11-19(3)20(23)4/h7-14,18,21H,15-17H2,1-6H3,(H,26,30). The Morgan fingerprint density at radius 3 is 2.18 bits per heavy atom. The molecule has 0 saturated carbocycles. The zero-order chi connectivity index (χ0) is 24.8. The number of sulfonamides is 1. The first-order valence-electron chi connectivity index (χ1n) is 11.1. The largest absolute Gasteiger partial charge is 0.354 e.